The lowest BCUT2D eigenvalue weighted by molar-refractivity contribution is 0.0963. The van der Waals surface area contributed by atoms with Crippen molar-refractivity contribution in [3.8, 4) is 5.88 Å². The van der Waals surface area contributed by atoms with Crippen molar-refractivity contribution in [2.75, 3.05) is 19.8 Å². The first kappa shape index (κ1) is 15.6. The molecule has 0 aliphatic heterocycles. The van der Waals surface area contributed by atoms with Crippen molar-refractivity contribution in [1.29, 1.82) is 0 Å². The molecule has 0 saturated heterocycles. The van der Waals surface area contributed by atoms with Crippen molar-refractivity contribution in [3.05, 3.63) is 22.9 Å². The van der Waals surface area contributed by atoms with E-state index >= 15 is 0 Å². The lowest BCUT2D eigenvalue weighted by Gasteiger charge is -2.12. The maximum absolute atomic E-state index is 8.88. The molecule has 3 N–H and O–H groups in total. The number of hydrogen-bond acceptors (Lipinski definition) is 5. The summed E-state index contributed by atoms with van der Waals surface area (Å²) in [6, 6.07) is 1.91. The Bertz CT molecular complexity index is 503. The van der Waals surface area contributed by atoms with E-state index < -0.39 is 0 Å². The van der Waals surface area contributed by atoms with Gasteiger partial charge in [-0.1, -0.05) is 18.5 Å². The zero-order valence-corrected chi connectivity index (χ0v) is 12.5. The van der Waals surface area contributed by atoms with E-state index in [9.17, 15) is 0 Å². The van der Waals surface area contributed by atoms with Gasteiger partial charge in [0.05, 0.1) is 12.2 Å². The van der Waals surface area contributed by atoms with Crippen LogP contribution in [0, 0.1) is 0 Å². The van der Waals surface area contributed by atoms with Crippen LogP contribution in [0.2, 0.25) is 0 Å². The zero-order chi connectivity index (χ0) is 15.1. The number of nitrogens with zero attached hydrogens (tertiary/aromatic N) is 2. The molecule has 1 aromatic rings. The summed E-state index contributed by atoms with van der Waals surface area (Å²) >= 11 is 0. The fourth-order valence-corrected chi connectivity index (χ4v) is 2.35. The molecule has 1 aliphatic carbocycles. The molecule has 0 spiro atoms. The maximum Gasteiger partial charge on any atom is 0.224 e. The van der Waals surface area contributed by atoms with E-state index in [2.05, 4.69) is 17.1 Å². The number of hydrogen-bond donors (Lipinski definition) is 2. The van der Waals surface area contributed by atoms with Gasteiger partial charge in [-0.25, -0.2) is 4.98 Å². The summed E-state index contributed by atoms with van der Waals surface area (Å²) in [5, 5.41) is 11.9. The molecule has 0 radical (unpaired) electrons. The molecule has 0 aromatic carbocycles. The van der Waals surface area contributed by atoms with Crippen LogP contribution in [0.1, 0.15) is 43.0 Å². The average Bonchev–Trinajstić information content (AvgIpc) is 2.96. The highest BCUT2D eigenvalue weighted by Crippen LogP contribution is 2.26. The summed E-state index contributed by atoms with van der Waals surface area (Å²) in [4.78, 5) is 4.51. The van der Waals surface area contributed by atoms with Gasteiger partial charge in [-0.15, -0.1) is 0 Å². The van der Waals surface area contributed by atoms with Crippen LogP contribution in [0.15, 0.2) is 11.2 Å². The largest absolute Gasteiger partial charge is 0.475 e. The van der Waals surface area contributed by atoms with Gasteiger partial charge in [-0.05, 0) is 37.3 Å². The Kier molecular flexibility index (Phi) is 5.80. The van der Waals surface area contributed by atoms with Crippen LogP contribution >= 0.6 is 0 Å². The van der Waals surface area contributed by atoms with Crippen LogP contribution in [0.4, 0.5) is 0 Å². The SMILES string of the molecule is CCCCOCCOc1nc2c(cc1C(N)=NO)CCC2. The lowest BCUT2D eigenvalue weighted by Crippen LogP contribution is -2.18. The molecule has 6 nitrogen and oxygen atoms in total. The van der Waals surface area contributed by atoms with Gasteiger partial charge in [0.25, 0.3) is 0 Å². The summed E-state index contributed by atoms with van der Waals surface area (Å²) in [5.74, 6) is 0.448. The Labute approximate surface area is 125 Å². The highest BCUT2D eigenvalue weighted by molar-refractivity contribution is 5.99. The summed E-state index contributed by atoms with van der Waals surface area (Å²) in [6.07, 6.45) is 5.18. The van der Waals surface area contributed by atoms with Crippen molar-refractivity contribution in [2.45, 2.75) is 39.0 Å². The molecule has 2 rings (SSSR count). The number of ether oxygens (including phenoxy) is 2. The summed E-state index contributed by atoms with van der Waals surface area (Å²) in [7, 11) is 0. The Morgan fingerprint density at radius 3 is 3.00 bits per heavy atom. The van der Waals surface area contributed by atoms with Gasteiger partial charge >= 0.3 is 0 Å². The molecule has 1 aromatic heterocycles. The van der Waals surface area contributed by atoms with Gasteiger partial charge < -0.3 is 20.4 Å². The Hall–Kier alpha value is -1.82. The Morgan fingerprint density at radius 2 is 2.24 bits per heavy atom. The van der Waals surface area contributed by atoms with Gasteiger partial charge in [-0.3, -0.25) is 0 Å². The molecule has 0 saturated carbocycles. The third-order valence-corrected chi connectivity index (χ3v) is 3.51. The minimum Gasteiger partial charge on any atom is -0.475 e. The van der Waals surface area contributed by atoms with Gasteiger partial charge in [0.15, 0.2) is 5.84 Å². The summed E-state index contributed by atoms with van der Waals surface area (Å²) < 4.78 is 11.1. The fourth-order valence-electron chi connectivity index (χ4n) is 2.35. The normalized spacial score (nSPS) is 14.2. The van der Waals surface area contributed by atoms with Crippen molar-refractivity contribution in [1.82, 2.24) is 4.98 Å². The molecule has 21 heavy (non-hydrogen) atoms. The Balaban J connectivity index is 2.00. The highest BCUT2D eigenvalue weighted by Gasteiger charge is 2.19. The molecule has 0 unspecified atom stereocenters. The number of oxime groups is 1. The quantitative estimate of drug-likeness (QED) is 0.251. The molecule has 0 atom stereocenters. The van der Waals surface area contributed by atoms with Crippen molar-refractivity contribution >= 4 is 5.84 Å². The van der Waals surface area contributed by atoms with Crippen molar-refractivity contribution < 1.29 is 14.7 Å². The minimum absolute atomic E-state index is 0.0269. The number of unbranched alkanes of at least 4 members (excludes halogenated alkanes) is 1. The predicted molar refractivity (Wildman–Crippen MR) is 80.0 cm³/mol. The molecule has 116 valence electrons. The smallest absolute Gasteiger partial charge is 0.224 e. The van der Waals surface area contributed by atoms with Gasteiger partial charge in [0, 0.05) is 12.3 Å². The van der Waals surface area contributed by atoms with E-state index in [1.165, 1.54) is 0 Å². The summed E-state index contributed by atoms with van der Waals surface area (Å²) in [6.45, 7) is 3.78. The first-order valence-corrected chi connectivity index (χ1v) is 7.47. The second-order valence-corrected chi connectivity index (χ2v) is 5.10. The second-order valence-electron chi connectivity index (χ2n) is 5.10. The highest BCUT2D eigenvalue weighted by atomic mass is 16.5. The van der Waals surface area contributed by atoms with Crippen LogP contribution in [-0.2, 0) is 17.6 Å². The molecule has 0 fully saturated rings. The monoisotopic (exact) mass is 293 g/mol. The first-order chi connectivity index (χ1) is 10.3. The first-order valence-electron chi connectivity index (χ1n) is 7.47. The second kappa shape index (κ2) is 7.83. The van der Waals surface area contributed by atoms with Crippen LogP contribution in [0.5, 0.6) is 5.88 Å². The van der Waals surface area contributed by atoms with Gasteiger partial charge in [0.2, 0.25) is 5.88 Å². The third kappa shape index (κ3) is 4.07. The third-order valence-electron chi connectivity index (χ3n) is 3.51. The van der Waals surface area contributed by atoms with Crippen molar-refractivity contribution in [2.24, 2.45) is 10.9 Å². The van der Waals surface area contributed by atoms with Crippen molar-refractivity contribution in [3.63, 3.8) is 0 Å². The molecule has 6 heteroatoms. The van der Waals surface area contributed by atoms with E-state index in [1.54, 1.807) is 0 Å². The lowest BCUT2D eigenvalue weighted by atomic mass is 10.1. The number of rotatable bonds is 8. The molecular weight excluding hydrogens is 270 g/mol. The average molecular weight is 293 g/mol. The molecule has 1 heterocycles. The summed E-state index contributed by atoms with van der Waals surface area (Å²) in [5.41, 5.74) is 8.46. The molecule has 0 bridgehead atoms. The standard InChI is InChI=1S/C15H23N3O3/c1-2-3-7-20-8-9-21-15-12(14(16)18-19)10-11-5-4-6-13(11)17-15/h10,19H,2-9H2,1H3,(H2,16,18). The number of fused-ring (bicyclic) bond motifs is 1. The van der Waals surface area contributed by atoms with E-state index in [-0.39, 0.29) is 5.84 Å². The number of aromatic nitrogens is 1. The van der Waals surface area contributed by atoms with Crippen LogP contribution in [0.3, 0.4) is 0 Å². The van der Waals surface area contributed by atoms with E-state index in [0.29, 0.717) is 24.7 Å². The predicted octanol–water partition coefficient (Wildman–Crippen LogP) is 1.86. The zero-order valence-electron chi connectivity index (χ0n) is 12.5. The molecule has 1 aliphatic rings. The number of nitrogens with two attached hydrogens (primary N) is 1. The van der Waals surface area contributed by atoms with Crippen LogP contribution < -0.4 is 10.5 Å². The number of pyridine rings is 1. The fraction of sp³-hybridized carbons (Fsp3) is 0.600. The van der Waals surface area contributed by atoms with Gasteiger partial charge in [0.1, 0.15) is 6.61 Å². The van der Waals surface area contributed by atoms with E-state index in [0.717, 1.165) is 50.0 Å². The van der Waals surface area contributed by atoms with Crippen LogP contribution in [-0.4, -0.2) is 35.8 Å². The number of amidine groups is 1. The maximum atomic E-state index is 8.88. The number of aryl methyl sites for hydroxylation is 2. The van der Waals surface area contributed by atoms with Gasteiger partial charge in [-0.2, -0.15) is 0 Å². The Morgan fingerprint density at radius 1 is 1.38 bits per heavy atom. The molecular formula is C15H23N3O3. The minimum atomic E-state index is 0.0269. The van der Waals surface area contributed by atoms with E-state index in [4.69, 9.17) is 20.4 Å². The molecule has 0 amide bonds. The van der Waals surface area contributed by atoms with E-state index in [1.807, 2.05) is 6.07 Å². The van der Waals surface area contributed by atoms with Crippen LogP contribution in [0.25, 0.3) is 0 Å². The topological polar surface area (TPSA) is 90.0 Å².